The fourth-order valence-corrected chi connectivity index (χ4v) is 6.23. The number of thiophene rings is 1. The summed E-state index contributed by atoms with van der Waals surface area (Å²) in [5.41, 5.74) is 3.41. The first kappa shape index (κ1) is 16.7. The number of para-hydroxylation sites is 1. The van der Waals surface area contributed by atoms with Gasteiger partial charge in [0.1, 0.15) is 5.52 Å². The highest BCUT2D eigenvalue weighted by atomic mass is 32.1. The van der Waals surface area contributed by atoms with Gasteiger partial charge in [0.2, 0.25) is 5.89 Å². The Morgan fingerprint density at radius 2 is 2.14 bits per heavy atom. The molecule has 4 aliphatic rings. The van der Waals surface area contributed by atoms with Crippen molar-refractivity contribution < 1.29 is 9.21 Å². The summed E-state index contributed by atoms with van der Waals surface area (Å²) in [5, 5.41) is 3.28. The van der Waals surface area contributed by atoms with E-state index in [1.165, 1.54) is 42.8 Å². The Bertz CT molecular complexity index is 1040. The van der Waals surface area contributed by atoms with Crippen LogP contribution in [0.15, 0.2) is 28.7 Å². The zero-order chi connectivity index (χ0) is 18.7. The second kappa shape index (κ2) is 6.42. The molecule has 0 spiro atoms. The van der Waals surface area contributed by atoms with Crippen LogP contribution in [0.25, 0.3) is 21.9 Å². The second-order valence-electron chi connectivity index (χ2n) is 8.30. The van der Waals surface area contributed by atoms with Crippen molar-refractivity contribution in [2.45, 2.75) is 38.1 Å². The minimum Gasteiger partial charge on any atom is -0.435 e. The predicted octanol–water partition coefficient (Wildman–Crippen LogP) is 3.87. The standard InChI is InChI=1S/C22H23N3O2S/c26-21(23-16-12-25-9-7-13(16)8-10-25)15-4-2-5-17-20(15)24-22(27-17)19-11-14-3-1-6-18(14)28-19/h2,4-5,11,13,16H,1,3,6-10,12H2,(H,23,26). The third kappa shape index (κ3) is 2.70. The number of carbonyl (C=O) groups is 1. The predicted molar refractivity (Wildman–Crippen MR) is 110 cm³/mol. The third-order valence-electron chi connectivity index (χ3n) is 6.59. The van der Waals surface area contributed by atoms with Gasteiger partial charge in [0.25, 0.3) is 5.91 Å². The van der Waals surface area contributed by atoms with Gasteiger partial charge in [-0.3, -0.25) is 4.79 Å². The smallest absolute Gasteiger partial charge is 0.253 e. The molecule has 3 aromatic rings. The van der Waals surface area contributed by atoms with Crippen molar-refractivity contribution in [2.75, 3.05) is 19.6 Å². The van der Waals surface area contributed by atoms with Gasteiger partial charge in [-0.05, 0) is 74.9 Å². The third-order valence-corrected chi connectivity index (χ3v) is 7.82. The Hall–Kier alpha value is -2.18. The van der Waals surface area contributed by atoms with Crippen LogP contribution in [0.3, 0.4) is 0 Å². The van der Waals surface area contributed by atoms with Gasteiger partial charge in [-0.15, -0.1) is 11.3 Å². The average molecular weight is 394 g/mol. The highest BCUT2D eigenvalue weighted by molar-refractivity contribution is 7.15. The van der Waals surface area contributed by atoms with Crippen LogP contribution in [0.5, 0.6) is 0 Å². The van der Waals surface area contributed by atoms with Crippen LogP contribution >= 0.6 is 11.3 Å². The summed E-state index contributed by atoms with van der Waals surface area (Å²) in [6.07, 6.45) is 5.93. The number of nitrogens with one attached hydrogen (secondary N) is 1. The molecule has 144 valence electrons. The molecule has 1 atom stereocenters. The van der Waals surface area contributed by atoms with E-state index in [9.17, 15) is 4.79 Å². The molecule has 1 aromatic carbocycles. The normalized spacial score (nSPS) is 25.9. The Morgan fingerprint density at radius 1 is 1.25 bits per heavy atom. The molecule has 1 amide bonds. The molecule has 5 heterocycles. The molecular weight excluding hydrogens is 370 g/mol. The van der Waals surface area contributed by atoms with E-state index < -0.39 is 0 Å². The van der Waals surface area contributed by atoms with Crippen LogP contribution in [0, 0.1) is 5.92 Å². The van der Waals surface area contributed by atoms with E-state index in [0.29, 0.717) is 28.5 Å². The molecule has 2 bridgehead atoms. The fourth-order valence-electron chi connectivity index (χ4n) is 5.05. The lowest BCUT2D eigenvalue weighted by molar-refractivity contribution is 0.0621. The van der Waals surface area contributed by atoms with Crippen LogP contribution in [0.4, 0.5) is 0 Å². The first-order valence-corrected chi connectivity index (χ1v) is 11.1. The van der Waals surface area contributed by atoms with Gasteiger partial charge in [-0.25, -0.2) is 4.98 Å². The number of aromatic nitrogens is 1. The highest BCUT2D eigenvalue weighted by Gasteiger charge is 2.35. The number of fused-ring (bicyclic) bond motifs is 5. The highest BCUT2D eigenvalue weighted by Crippen LogP contribution is 2.37. The van der Waals surface area contributed by atoms with Crippen LogP contribution in [-0.4, -0.2) is 41.5 Å². The molecule has 28 heavy (non-hydrogen) atoms. The van der Waals surface area contributed by atoms with E-state index in [-0.39, 0.29) is 11.9 Å². The number of carbonyl (C=O) groups excluding carboxylic acids is 1. The summed E-state index contributed by atoms with van der Waals surface area (Å²) < 4.78 is 6.03. The maximum atomic E-state index is 13.1. The second-order valence-corrected chi connectivity index (χ2v) is 9.44. The number of hydrogen-bond acceptors (Lipinski definition) is 5. The zero-order valence-electron chi connectivity index (χ0n) is 15.7. The zero-order valence-corrected chi connectivity index (χ0v) is 16.6. The Balaban J connectivity index is 1.31. The summed E-state index contributed by atoms with van der Waals surface area (Å²) in [6, 6.07) is 8.11. The van der Waals surface area contributed by atoms with Crippen LogP contribution in [0.2, 0.25) is 0 Å². The maximum absolute atomic E-state index is 13.1. The van der Waals surface area contributed by atoms with Crippen molar-refractivity contribution in [3.63, 3.8) is 0 Å². The van der Waals surface area contributed by atoms with Gasteiger partial charge in [0.05, 0.1) is 10.4 Å². The molecule has 6 heteroatoms. The van der Waals surface area contributed by atoms with Crippen molar-refractivity contribution in [1.82, 2.24) is 15.2 Å². The van der Waals surface area contributed by atoms with E-state index >= 15 is 0 Å². The molecule has 3 saturated heterocycles. The van der Waals surface area contributed by atoms with E-state index in [4.69, 9.17) is 9.40 Å². The topological polar surface area (TPSA) is 58.4 Å². The monoisotopic (exact) mass is 393 g/mol. The molecule has 0 radical (unpaired) electrons. The molecule has 3 fully saturated rings. The minimum atomic E-state index is -0.0297. The SMILES string of the molecule is O=C(NC1CN2CCC1CC2)c1cccc2oc(-c3cc4c(s3)CCC4)nc12. The molecule has 2 aromatic heterocycles. The molecule has 1 unspecified atom stereocenters. The van der Waals surface area contributed by atoms with Crippen molar-refractivity contribution in [3.05, 3.63) is 40.3 Å². The largest absolute Gasteiger partial charge is 0.435 e. The first-order chi connectivity index (χ1) is 13.7. The minimum absolute atomic E-state index is 0.0297. The van der Waals surface area contributed by atoms with Crippen molar-refractivity contribution in [3.8, 4) is 10.8 Å². The van der Waals surface area contributed by atoms with Crippen molar-refractivity contribution in [1.29, 1.82) is 0 Å². The van der Waals surface area contributed by atoms with E-state index in [1.54, 1.807) is 11.3 Å². The van der Waals surface area contributed by atoms with Crippen LogP contribution < -0.4 is 5.32 Å². The van der Waals surface area contributed by atoms with E-state index in [0.717, 1.165) is 24.3 Å². The lowest BCUT2D eigenvalue weighted by atomic mass is 9.84. The van der Waals surface area contributed by atoms with Crippen LogP contribution in [0.1, 0.15) is 40.1 Å². The lowest BCUT2D eigenvalue weighted by Crippen LogP contribution is -2.57. The molecule has 1 N–H and O–H groups in total. The number of benzene rings is 1. The molecule has 0 saturated carbocycles. The Labute approximate surface area is 167 Å². The van der Waals surface area contributed by atoms with E-state index in [1.807, 2.05) is 18.2 Å². The van der Waals surface area contributed by atoms with Crippen molar-refractivity contribution in [2.24, 2.45) is 5.92 Å². The number of aryl methyl sites for hydroxylation is 2. The first-order valence-electron chi connectivity index (χ1n) is 10.3. The summed E-state index contributed by atoms with van der Waals surface area (Å²) in [4.78, 5) is 22.8. The van der Waals surface area contributed by atoms with Gasteiger partial charge in [-0.2, -0.15) is 0 Å². The molecule has 5 nitrogen and oxygen atoms in total. The van der Waals surface area contributed by atoms with Gasteiger partial charge in [0, 0.05) is 17.5 Å². The Kier molecular flexibility index (Phi) is 3.84. The quantitative estimate of drug-likeness (QED) is 0.734. The molecule has 3 aliphatic heterocycles. The number of amides is 1. The summed E-state index contributed by atoms with van der Waals surface area (Å²) in [6.45, 7) is 3.31. The average Bonchev–Trinajstić information content (AvgIpc) is 3.42. The number of rotatable bonds is 3. The van der Waals surface area contributed by atoms with Crippen molar-refractivity contribution >= 4 is 28.3 Å². The summed E-state index contributed by atoms with van der Waals surface area (Å²) >= 11 is 1.78. The summed E-state index contributed by atoms with van der Waals surface area (Å²) in [5.74, 6) is 1.21. The van der Waals surface area contributed by atoms with E-state index in [2.05, 4.69) is 16.3 Å². The number of piperidine rings is 3. The van der Waals surface area contributed by atoms with Gasteiger partial charge >= 0.3 is 0 Å². The maximum Gasteiger partial charge on any atom is 0.253 e. The Morgan fingerprint density at radius 3 is 2.93 bits per heavy atom. The molecule has 7 rings (SSSR count). The fraction of sp³-hybridized carbons (Fsp3) is 0.455. The van der Waals surface area contributed by atoms with Gasteiger partial charge in [-0.1, -0.05) is 6.07 Å². The lowest BCUT2D eigenvalue weighted by Gasteiger charge is -2.44. The van der Waals surface area contributed by atoms with Crippen LogP contribution in [-0.2, 0) is 12.8 Å². The summed E-state index contributed by atoms with van der Waals surface area (Å²) in [7, 11) is 0. The molecular formula is C22H23N3O2S. The number of nitrogens with zero attached hydrogens (tertiary/aromatic N) is 2. The molecule has 1 aliphatic carbocycles. The van der Waals surface area contributed by atoms with Gasteiger partial charge < -0.3 is 14.6 Å². The number of oxazole rings is 1. The number of hydrogen-bond donors (Lipinski definition) is 1. The van der Waals surface area contributed by atoms with Gasteiger partial charge in [0.15, 0.2) is 5.58 Å².